The lowest BCUT2D eigenvalue weighted by Gasteiger charge is -2.28. The molecule has 33 heavy (non-hydrogen) atoms. The van der Waals surface area contributed by atoms with Crippen LogP contribution in [0.1, 0.15) is 6.92 Å². The van der Waals surface area contributed by atoms with Gasteiger partial charge >= 0.3 is 0 Å². The molecule has 1 unspecified atom stereocenters. The summed E-state index contributed by atoms with van der Waals surface area (Å²) in [6.07, 6.45) is 1.57. The Bertz CT molecular complexity index is 1240. The van der Waals surface area contributed by atoms with Crippen LogP contribution in [0.4, 0.5) is 11.4 Å². The number of nitrogens with zero attached hydrogens (tertiary/aromatic N) is 3. The maximum Gasteiger partial charge on any atom is 0.237 e. The first-order valence-corrected chi connectivity index (χ1v) is 12.6. The Kier molecular flexibility index (Phi) is 6.57. The van der Waals surface area contributed by atoms with Gasteiger partial charge in [0.15, 0.2) is 0 Å². The predicted octanol–water partition coefficient (Wildman–Crippen LogP) is 5.31. The maximum atomic E-state index is 12.9. The third kappa shape index (κ3) is 4.88. The summed E-state index contributed by atoms with van der Waals surface area (Å²) in [7, 11) is 0. The van der Waals surface area contributed by atoms with Crippen LogP contribution in [-0.4, -0.2) is 47.4 Å². The highest BCUT2D eigenvalue weighted by atomic mass is 32.2. The Labute approximate surface area is 201 Å². The van der Waals surface area contributed by atoms with Gasteiger partial charge in [-0.1, -0.05) is 42.1 Å². The zero-order valence-corrected chi connectivity index (χ0v) is 19.9. The van der Waals surface area contributed by atoms with Gasteiger partial charge < -0.3 is 15.0 Å². The van der Waals surface area contributed by atoms with Crippen LogP contribution >= 0.6 is 23.1 Å². The van der Waals surface area contributed by atoms with Gasteiger partial charge in [0.1, 0.15) is 16.2 Å². The molecule has 6 nitrogen and oxygen atoms in total. The number of hydrogen-bond acceptors (Lipinski definition) is 7. The van der Waals surface area contributed by atoms with E-state index in [1.807, 2.05) is 49.4 Å². The summed E-state index contributed by atoms with van der Waals surface area (Å²) in [5.74, 6) is -0.0534. The standard InChI is InChI=1S/C25H24N4O2S2/c1-17(23(30)28-19-7-9-20(10-8-19)29-11-13-31-14-12-29)33-25-22-21(18-5-3-2-4-6-18)15-32-24(22)26-16-27-25/h2-10,15-17H,11-14H2,1H3,(H,28,30). The first-order chi connectivity index (χ1) is 16.2. The fraction of sp³-hybridized carbons (Fsp3) is 0.240. The Morgan fingerprint density at radius 1 is 1.09 bits per heavy atom. The number of fused-ring (bicyclic) bond motifs is 1. The van der Waals surface area contributed by atoms with Gasteiger partial charge in [0.2, 0.25) is 5.91 Å². The van der Waals surface area contributed by atoms with Crippen molar-refractivity contribution in [2.24, 2.45) is 0 Å². The molecule has 0 radical (unpaired) electrons. The van der Waals surface area contributed by atoms with Crippen molar-refractivity contribution in [2.45, 2.75) is 17.2 Å². The number of thioether (sulfide) groups is 1. The second-order valence-corrected chi connectivity index (χ2v) is 9.96. The minimum absolute atomic E-state index is 0.0534. The number of hydrogen-bond donors (Lipinski definition) is 1. The van der Waals surface area contributed by atoms with Gasteiger partial charge in [-0.05, 0) is 36.8 Å². The van der Waals surface area contributed by atoms with Gasteiger partial charge in [-0.2, -0.15) is 0 Å². The van der Waals surface area contributed by atoms with E-state index in [0.29, 0.717) is 0 Å². The van der Waals surface area contributed by atoms with Gasteiger partial charge in [0, 0.05) is 35.4 Å². The van der Waals surface area contributed by atoms with Crippen molar-refractivity contribution in [3.8, 4) is 11.1 Å². The highest BCUT2D eigenvalue weighted by Crippen LogP contribution is 2.39. The number of benzene rings is 2. The van der Waals surface area contributed by atoms with Gasteiger partial charge in [-0.3, -0.25) is 4.79 Å². The molecule has 1 aliphatic rings. The highest BCUT2D eigenvalue weighted by Gasteiger charge is 2.20. The van der Waals surface area contributed by atoms with E-state index in [-0.39, 0.29) is 11.2 Å². The van der Waals surface area contributed by atoms with Crippen LogP contribution in [0.3, 0.4) is 0 Å². The molecule has 1 saturated heterocycles. The second kappa shape index (κ2) is 9.91. The van der Waals surface area contributed by atoms with Gasteiger partial charge in [0.25, 0.3) is 0 Å². The summed E-state index contributed by atoms with van der Waals surface area (Å²) in [5.41, 5.74) is 4.16. The lowest BCUT2D eigenvalue weighted by Crippen LogP contribution is -2.36. The van der Waals surface area contributed by atoms with E-state index in [9.17, 15) is 4.79 Å². The molecule has 5 rings (SSSR count). The number of carbonyl (C=O) groups excluding carboxylic acids is 1. The van der Waals surface area contributed by atoms with Crippen molar-refractivity contribution in [1.82, 2.24) is 9.97 Å². The number of nitrogens with one attached hydrogen (secondary N) is 1. The van der Waals surface area contributed by atoms with E-state index < -0.39 is 0 Å². The molecule has 4 aromatic rings. The molecule has 0 bridgehead atoms. The molecule has 2 aromatic heterocycles. The molecule has 0 aliphatic carbocycles. The summed E-state index contributed by atoms with van der Waals surface area (Å²) in [5, 5.41) is 6.66. The molecule has 1 atom stereocenters. The molecule has 8 heteroatoms. The third-order valence-corrected chi connectivity index (χ3v) is 7.58. The Balaban J connectivity index is 1.30. The van der Waals surface area contributed by atoms with Crippen molar-refractivity contribution in [3.63, 3.8) is 0 Å². The Morgan fingerprint density at radius 2 is 1.85 bits per heavy atom. The number of anilines is 2. The van der Waals surface area contributed by atoms with Crippen molar-refractivity contribution in [3.05, 3.63) is 66.3 Å². The van der Waals surface area contributed by atoms with Crippen LogP contribution in [-0.2, 0) is 9.53 Å². The Hall–Kier alpha value is -2.94. The SMILES string of the molecule is CC(Sc1ncnc2scc(-c3ccccc3)c12)C(=O)Nc1ccc(N2CCOCC2)cc1. The van der Waals surface area contributed by atoms with Gasteiger partial charge in [-0.15, -0.1) is 11.3 Å². The van der Waals surface area contributed by atoms with E-state index in [1.54, 1.807) is 17.7 Å². The third-order valence-electron chi connectivity index (χ3n) is 5.59. The number of morpholine rings is 1. The van der Waals surface area contributed by atoms with E-state index in [0.717, 1.165) is 64.0 Å². The molecular weight excluding hydrogens is 452 g/mol. The van der Waals surface area contributed by atoms with Crippen molar-refractivity contribution in [2.75, 3.05) is 36.5 Å². The summed E-state index contributed by atoms with van der Waals surface area (Å²) in [6.45, 7) is 5.19. The second-order valence-electron chi connectivity index (χ2n) is 7.77. The number of thiophene rings is 1. The van der Waals surface area contributed by atoms with E-state index in [1.165, 1.54) is 11.8 Å². The minimum atomic E-state index is -0.314. The lowest BCUT2D eigenvalue weighted by atomic mass is 10.1. The van der Waals surface area contributed by atoms with E-state index in [4.69, 9.17) is 4.74 Å². The smallest absolute Gasteiger partial charge is 0.237 e. The number of amides is 1. The van der Waals surface area contributed by atoms with Crippen molar-refractivity contribution >= 4 is 50.6 Å². The van der Waals surface area contributed by atoms with Crippen LogP contribution in [0.5, 0.6) is 0 Å². The topological polar surface area (TPSA) is 67.4 Å². The predicted molar refractivity (Wildman–Crippen MR) is 136 cm³/mol. The fourth-order valence-electron chi connectivity index (χ4n) is 3.81. The van der Waals surface area contributed by atoms with Crippen LogP contribution in [0.15, 0.2) is 71.3 Å². The number of rotatable bonds is 6. The minimum Gasteiger partial charge on any atom is -0.378 e. The normalized spacial score (nSPS) is 14.9. The monoisotopic (exact) mass is 476 g/mol. The molecule has 1 amide bonds. The maximum absolute atomic E-state index is 12.9. The van der Waals surface area contributed by atoms with Crippen LogP contribution < -0.4 is 10.2 Å². The first-order valence-electron chi connectivity index (χ1n) is 10.9. The fourth-order valence-corrected chi connectivity index (χ4v) is 5.72. The average Bonchev–Trinajstić information content (AvgIpc) is 3.31. The van der Waals surface area contributed by atoms with Crippen LogP contribution in [0.2, 0.25) is 0 Å². The molecule has 3 heterocycles. The quantitative estimate of drug-likeness (QED) is 0.300. The molecule has 1 fully saturated rings. The highest BCUT2D eigenvalue weighted by molar-refractivity contribution is 8.00. The lowest BCUT2D eigenvalue weighted by molar-refractivity contribution is -0.115. The number of aromatic nitrogens is 2. The average molecular weight is 477 g/mol. The summed E-state index contributed by atoms with van der Waals surface area (Å²) < 4.78 is 5.42. The summed E-state index contributed by atoms with van der Waals surface area (Å²) in [6, 6.07) is 18.2. The van der Waals surface area contributed by atoms with Crippen LogP contribution in [0.25, 0.3) is 21.3 Å². The number of carbonyl (C=O) groups is 1. The van der Waals surface area contributed by atoms with Crippen molar-refractivity contribution in [1.29, 1.82) is 0 Å². The van der Waals surface area contributed by atoms with Crippen molar-refractivity contribution < 1.29 is 9.53 Å². The van der Waals surface area contributed by atoms with Gasteiger partial charge in [-0.25, -0.2) is 9.97 Å². The Morgan fingerprint density at radius 3 is 2.61 bits per heavy atom. The molecule has 1 aliphatic heterocycles. The van der Waals surface area contributed by atoms with E-state index >= 15 is 0 Å². The van der Waals surface area contributed by atoms with Gasteiger partial charge in [0.05, 0.1) is 23.8 Å². The zero-order valence-electron chi connectivity index (χ0n) is 18.2. The van der Waals surface area contributed by atoms with E-state index in [2.05, 4.69) is 37.7 Å². The summed E-state index contributed by atoms with van der Waals surface area (Å²) in [4.78, 5) is 25.1. The molecule has 0 saturated carbocycles. The van der Waals surface area contributed by atoms with Crippen LogP contribution in [0, 0.1) is 0 Å². The first kappa shape index (κ1) is 21.9. The largest absolute Gasteiger partial charge is 0.378 e. The summed E-state index contributed by atoms with van der Waals surface area (Å²) >= 11 is 3.06. The number of ether oxygens (including phenoxy) is 1. The molecule has 168 valence electrons. The molecule has 0 spiro atoms. The molecular formula is C25H24N4O2S2. The molecule has 2 aromatic carbocycles. The zero-order chi connectivity index (χ0) is 22.6. The molecule has 1 N–H and O–H groups in total.